The van der Waals surface area contributed by atoms with Gasteiger partial charge in [-0.3, -0.25) is 0 Å². The van der Waals surface area contributed by atoms with Crippen molar-refractivity contribution in [2.24, 2.45) is 0 Å². The zero-order chi connectivity index (χ0) is 4.50. The fourth-order valence-electron chi connectivity index (χ4n) is 0. The summed E-state index contributed by atoms with van der Waals surface area (Å²) in [6.07, 6.45) is 0. The van der Waals surface area contributed by atoms with Gasteiger partial charge in [-0.2, -0.15) is 0 Å². The molecule has 0 spiro atoms. The Morgan fingerprint density at radius 2 is 1.43 bits per heavy atom. The molecule has 40 valence electrons. The van der Waals surface area contributed by atoms with Crippen molar-refractivity contribution in [1.82, 2.24) is 0 Å². The van der Waals surface area contributed by atoms with Gasteiger partial charge in [-0.25, -0.2) is 0 Å². The first-order chi connectivity index (χ1) is 2.00. The molecule has 0 saturated carbocycles. The first-order valence-corrected chi connectivity index (χ1v) is 2.81. The third-order valence-electron chi connectivity index (χ3n) is 0. The van der Waals surface area contributed by atoms with Crippen molar-refractivity contribution in [2.75, 3.05) is 0 Å². The Labute approximate surface area is 54.8 Å². The molecule has 0 atom stereocenters. The van der Waals surface area contributed by atoms with Crippen LogP contribution >= 0.6 is 0 Å². The van der Waals surface area contributed by atoms with E-state index in [-0.39, 0.29) is 25.0 Å². The molecule has 0 aliphatic carbocycles. The maximum atomic E-state index is 8.70. The summed E-state index contributed by atoms with van der Waals surface area (Å²) < 4.78 is 33.1. The van der Waals surface area contributed by atoms with Gasteiger partial charge in [-0.05, 0) is 0 Å². The Balaban J connectivity index is -0.0000000800. The molecule has 0 radical (unpaired) electrons. The van der Waals surface area contributed by atoms with Crippen molar-refractivity contribution in [2.45, 2.75) is 0 Å². The van der Waals surface area contributed by atoms with E-state index < -0.39 is 13.6 Å². The van der Waals surface area contributed by atoms with Gasteiger partial charge in [0.15, 0.2) is 0 Å². The average molecular weight is 199 g/mol. The van der Waals surface area contributed by atoms with Crippen LogP contribution in [0.1, 0.15) is 0 Å². The smallest absolute Gasteiger partial charge is 2.00 e. The van der Waals surface area contributed by atoms with Crippen LogP contribution in [0.15, 0.2) is 0 Å². The van der Waals surface area contributed by atoms with E-state index in [0.29, 0.717) is 0 Å². The van der Waals surface area contributed by atoms with Crippen molar-refractivity contribution < 1.29 is 54.5 Å². The molecule has 0 unspecified atom stereocenters. The molecule has 0 saturated heterocycles. The van der Waals surface area contributed by atoms with E-state index in [1.54, 1.807) is 0 Å². The predicted octanol–water partition coefficient (Wildman–Crippen LogP) is -2.17. The van der Waals surface area contributed by atoms with Crippen LogP contribution in [0.5, 0.6) is 0 Å². The number of hydrogen-bond donors (Lipinski definition) is 1. The molecule has 2 N–H and O–H groups in total. The molecular formula is H2CrO5Zn. The van der Waals surface area contributed by atoms with E-state index in [9.17, 15) is 0 Å². The Hall–Kier alpha value is 0.636. The van der Waals surface area contributed by atoms with Gasteiger partial charge >= 0.3 is 49.0 Å². The minimum absolute atomic E-state index is 0. The molecule has 0 aliphatic heterocycles. The maximum Gasteiger partial charge on any atom is 2.00 e. The van der Waals surface area contributed by atoms with Gasteiger partial charge in [-0.15, -0.1) is 0 Å². The Morgan fingerprint density at radius 3 is 1.43 bits per heavy atom. The molecular weight excluding hydrogens is 197 g/mol. The molecule has 0 aromatic heterocycles. The zero-order valence-corrected chi connectivity index (χ0v) is 7.48. The first kappa shape index (κ1) is 15.6. The summed E-state index contributed by atoms with van der Waals surface area (Å²) in [7, 11) is 0. The van der Waals surface area contributed by atoms with Crippen LogP contribution in [0.4, 0.5) is 0 Å². The molecule has 0 rings (SSSR count). The van der Waals surface area contributed by atoms with Gasteiger partial charge in [0, 0.05) is 0 Å². The fraction of sp³-hybridized carbons (Fsp3) is 0. The van der Waals surface area contributed by atoms with Crippen LogP contribution in [0, 0.1) is 0 Å². The first-order valence-electron chi connectivity index (χ1n) is 0.683. The quantitative estimate of drug-likeness (QED) is 0.447. The van der Waals surface area contributed by atoms with Gasteiger partial charge in [0.25, 0.3) is 0 Å². The van der Waals surface area contributed by atoms with Crippen LogP contribution in [-0.2, 0) is 40.7 Å². The van der Waals surface area contributed by atoms with Crippen molar-refractivity contribution >= 4 is 0 Å². The number of hydrogen-bond acceptors (Lipinski definition) is 4. The summed E-state index contributed by atoms with van der Waals surface area (Å²) in [5.74, 6) is 0. The van der Waals surface area contributed by atoms with Gasteiger partial charge in [0.2, 0.25) is 0 Å². The summed E-state index contributed by atoms with van der Waals surface area (Å²) in [4.78, 5) is 0. The summed E-state index contributed by atoms with van der Waals surface area (Å²) >= 11 is -5.50. The standard InChI is InChI=1S/Cr.2H2O.3O.Zn/h;2*1H2;;;;/q+1;;;;;-1;+2/p-2. The predicted molar refractivity (Wildman–Crippen MR) is 5.53 cm³/mol. The molecule has 0 aromatic carbocycles. The van der Waals surface area contributed by atoms with Gasteiger partial charge in [0.1, 0.15) is 0 Å². The summed E-state index contributed by atoms with van der Waals surface area (Å²) in [6, 6.07) is 0. The zero-order valence-electron chi connectivity index (χ0n) is 3.23. The maximum absolute atomic E-state index is 8.70. The SMILES string of the molecule is [OH-].[O]=[Cr](=[O])([O-])[OH].[Zn+2]. The minimum atomic E-state index is -5.50. The Bertz CT molecular complexity index is 91.2. The molecule has 0 aromatic rings. The van der Waals surface area contributed by atoms with Gasteiger partial charge in [0.05, 0.1) is 0 Å². The van der Waals surface area contributed by atoms with Crippen LogP contribution in [0.2, 0.25) is 0 Å². The second-order valence-corrected chi connectivity index (χ2v) is 1.76. The number of rotatable bonds is 0. The van der Waals surface area contributed by atoms with E-state index in [1.807, 2.05) is 0 Å². The normalized spacial score (nSPS) is 8.29. The molecule has 0 aliphatic rings. The van der Waals surface area contributed by atoms with Crippen LogP contribution in [0.25, 0.3) is 0 Å². The van der Waals surface area contributed by atoms with Crippen molar-refractivity contribution in [3.8, 4) is 0 Å². The van der Waals surface area contributed by atoms with E-state index >= 15 is 0 Å². The third kappa shape index (κ3) is 353. The molecule has 0 fully saturated rings. The molecule has 7 heavy (non-hydrogen) atoms. The van der Waals surface area contributed by atoms with Crippen molar-refractivity contribution in [3.05, 3.63) is 0 Å². The summed E-state index contributed by atoms with van der Waals surface area (Å²) in [5, 5.41) is 0. The molecule has 7 heteroatoms. The summed E-state index contributed by atoms with van der Waals surface area (Å²) in [6.45, 7) is 0. The summed E-state index contributed by atoms with van der Waals surface area (Å²) in [5.41, 5.74) is 0. The second kappa shape index (κ2) is 4.79. The van der Waals surface area contributed by atoms with Crippen molar-refractivity contribution in [1.29, 1.82) is 0 Å². The van der Waals surface area contributed by atoms with Gasteiger partial charge in [-0.1, -0.05) is 0 Å². The molecule has 0 amide bonds. The Morgan fingerprint density at radius 1 is 1.43 bits per heavy atom. The van der Waals surface area contributed by atoms with E-state index in [0.717, 1.165) is 0 Å². The second-order valence-electron chi connectivity index (χ2n) is 0.428. The monoisotopic (exact) mass is 198 g/mol. The average Bonchev–Trinajstić information content (AvgIpc) is 0.722. The van der Waals surface area contributed by atoms with Gasteiger partial charge < -0.3 is 5.48 Å². The topological polar surface area (TPSA) is 107 Å². The van der Waals surface area contributed by atoms with E-state index in [2.05, 4.69) is 0 Å². The van der Waals surface area contributed by atoms with Crippen LogP contribution in [-0.4, -0.2) is 9.63 Å². The van der Waals surface area contributed by atoms with Crippen molar-refractivity contribution in [3.63, 3.8) is 0 Å². The molecule has 0 bridgehead atoms. The van der Waals surface area contributed by atoms with E-state index in [4.69, 9.17) is 15.9 Å². The molecule has 0 heterocycles. The van der Waals surface area contributed by atoms with E-state index in [1.165, 1.54) is 0 Å². The molecule has 5 nitrogen and oxygen atoms in total. The third-order valence-corrected chi connectivity index (χ3v) is 0. The fourth-order valence-corrected chi connectivity index (χ4v) is 0. The largest absolute Gasteiger partial charge is 2.00 e. The minimum Gasteiger partial charge on any atom is 2.00 e. The Kier molecular flexibility index (Phi) is 10.7. The van der Waals surface area contributed by atoms with Crippen LogP contribution in [0.3, 0.4) is 0 Å². The van der Waals surface area contributed by atoms with Crippen LogP contribution < -0.4 is 4.16 Å².